The third-order valence-electron chi connectivity index (χ3n) is 3.15. The monoisotopic (exact) mass is 233 g/mol. The van der Waals surface area contributed by atoms with Crippen LogP contribution >= 0.6 is 0 Å². The Morgan fingerprint density at radius 1 is 0.833 bits per heavy atom. The molecular formula is C17H15N. The number of hydrogen-bond donors (Lipinski definition) is 1. The van der Waals surface area contributed by atoms with Crippen LogP contribution in [0.2, 0.25) is 0 Å². The van der Waals surface area contributed by atoms with Crippen molar-refractivity contribution >= 4 is 17.0 Å². The topological polar surface area (TPSA) is 15.8 Å². The van der Waals surface area contributed by atoms with Crippen molar-refractivity contribution in [3.05, 3.63) is 78.0 Å². The summed E-state index contributed by atoms with van der Waals surface area (Å²) < 4.78 is 0. The molecule has 1 heteroatoms. The smallest absolute Gasteiger partial charge is 0.0453 e. The van der Waals surface area contributed by atoms with Crippen molar-refractivity contribution in [3.8, 4) is 0 Å². The molecule has 0 fully saturated rings. The minimum absolute atomic E-state index is 1.12. The summed E-state index contributed by atoms with van der Waals surface area (Å²) in [5.41, 5.74) is 4.05. The van der Waals surface area contributed by atoms with Crippen LogP contribution in [0.4, 0.5) is 0 Å². The number of H-pyrrole nitrogens is 1. The molecule has 0 amide bonds. The Morgan fingerprint density at radius 2 is 1.67 bits per heavy atom. The summed E-state index contributed by atoms with van der Waals surface area (Å²) in [6, 6.07) is 18.8. The molecular weight excluding hydrogens is 218 g/mol. The lowest BCUT2D eigenvalue weighted by Gasteiger charge is -1.93. The Labute approximate surface area is 107 Å². The highest BCUT2D eigenvalue weighted by Crippen LogP contribution is 2.17. The molecule has 1 aromatic heterocycles. The molecule has 0 bridgehead atoms. The van der Waals surface area contributed by atoms with Gasteiger partial charge in [-0.15, -0.1) is 0 Å². The first-order valence-electron chi connectivity index (χ1n) is 6.20. The maximum atomic E-state index is 3.12. The predicted molar refractivity (Wildman–Crippen MR) is 77.5 cm³/mol. The van der Waals surface area contributed by atoms with Gasteiger partial charge in [0.05, 0.1) is 0 Å². The molecule has 0 spiro atoms. The molecule has 3 aromatic rings. The molecule has 0 saturated carbocycles. The Kier molecular flexibility index (Phi) is 2.97. The van der Waals surface area contributed by atoms with Crippen LogP contribution in [0, 0.1) is 0 Å². The lowest BCUT2D eigenvalue weighted by atomic mass is 10.1. The summed E-state index contributed by atoms with van der Waals surface area (Å²) >= 11 is 0. The molecule has 0 atom stereocenters. The van der Waals surface area contributed by atoms with E-state index in [1.54, 1.807) is 0 Å². The minimum Gasteiger partial charge on any atom is -0.361 e. The van der Waals surface area contributed by atoms with Gasteiger partial charge in [0.1, 0.15) is 0 Å². The molecule has 2 aromatic carbocycles. The van der Waals surface area contributed by atoms with Gasteiger partial charge in [-0.1, -0.05) is 54.6 Å². The summed E-state index contributed by atoms with van der Waals surface area (Å²) in [6.07, 6.45) is 7.45. The van der Waals surface area contributed by atoms with Crippen LogP contribution in [0.1, 0.15) is 11.1 Å². The normalized spacial score (nSPS) is 12.0. The minimum atomic E-state index is 1.12. The number of hydrogen-bond acceptors (Lipinski definition) is 0. The van der Waals surface area contributed by atoms with Crippen LogP contribution < -0.4 is 0 Å². The number of rotatable bonds is 0. The fourth-order valence-corrected chi connectivity index (χ4v) is 2.19. The van der Waals surface area contributed by atoms with E-state index in [1.807, 2.05) is 18.3 Å². The Morgan fingerprint density at radius 3 is 2.56 bits per heavy atom. The first kappa shape index (κ1) is 10.8. The van der Waals surface area contributed by atoms with Crippen LogP contribution in [0.25, 0.3) is 17.0 Å². The van der Waals surface area contributed by atoms with Crippen molar-refractivity contribution in [3.63, 3.8) is 0 Å². The standard InChI is InChI=1S/C9H8.C8H7N/c1-2-5-9-7-3-6-8(9)4-1;1-2-4-8-7(3-1)5-6-9-8/h1-6H,7H2;1-6,9H. The summed E-state index contributed by atoms with van der Waals surface area (Å²) in [5.74, 6) is 0. The van der Waals surface area contributed by atoms with Gasteiger partial charge in [-0.25, -0.2) is 0 Å². The van der Waals surface area contributed by atoms with Crippen molar-refractivity contribution < 1.29 is 0 Å². The summed E-state index contributed by atoms with van der Waals surface area (Å²) in [6.45, 7) is 0. The predicted octanol–water partition coefficient (Wildman–Crippen LogP) is 4.42. The molecule has 1 N–H and O–H groups in total. The quantitative estimate of drug-likeness (QED) is 0.591. The van der Waals surface area contributed by atoms with E-state index >= 15 is 0 Å². The van der Waals surface area contributed by atoms with E-state index in [4.69, 9.17) is 0 Å². The van der Waals surface area contributed by atoms with Gasteiger partial charge in [-0.2, -0.15) is 0 Å². The van der Waals surface area contributed by atoms with Crippen molar-refractivity contribution in [1.82, 2.24) is 4.98 Å². The number of aromatic amines is 1. The van der Waals surface area contributed by atoms with E-state index in [9.17, 15) is 0 Å². The van der Waals surface area contributed by atoms with Crippen molar-refractivity contribution in [2.45, 2.75) is 6.42 Å². The number of fused-ring (bicyclic) bond motifs is 2. The second kappa shape index (κ2) is 4.92. The molecule has 0 aliphatic heterocycles. The first-order chi connectivity index (χ1) is 8.93. The van der Waals surface area contributed by atoms with Crippen LogP contribution in [-0.2, 0) is 6.42 Å². The zero-order valence-electron chi connectivity index (χ0n) is 10.1. The van der Waals surface area contributed by atoms with Gasteiger partial charge in [-0.3, -0.25) is 0 Å². The van der Waals surface area contributed by atoms with E-state index in [0.29, 0.717) is 0 Å². The van der Waals surface area contributed by atoms with E-state index in [2.05, 4.69) is 59.6 Å². The number of benzene rings is 2. The summed E-state index contributed by atoms with van der Waals surface area (Å²) in [7, 11) is 0. The lowest BCUT2D eigenvalue weighted by Crippen LogP contribution is -1.76. The van der Waals surface area contributed by atoms with E-state index < -0.39 is 0 Å². The lowest BCUT2D eigenvalue weighted by molar-refractivity contribution is 1.31. The third-order valence-corrected chi connectivity index (χ3v) is 3.15. The van der Waals surface area contributed by atoms with Gasteiger partial charge in [-0.05, 0) is 35.1 Å². The Balaban J connectivity index is 0.000000111. The zero-order chi connectivity index (χ0) is 12.2. The number of para-hydroxylation sites is 1. The van der Waals surface area contributed by atoms with Gasteiger partial charge in [0.2, 0.25) is 0 Å². The second-order valence-corrected chi connectivity index (χ2v) is 4.37. The van der Waals surface area contributed by atoms with Gasteiger partial charge in [0.25, 0.3) is 0 Å². The van der Waals surface area contributed by atoms with E-state index in [-0.39, 0.29) is 0 Å². The number of nitrogens with one attached hydrogen (secondary N) is 1. The van der Waals surface area contributed by atoms with Crippen LogP contribution in [-0.4, -0.2) is 4.98 Å². The van der Waals surface area contributed by atoms with Gasteiger partial charge < -0.3 is 4.98 Å². The van der Waals surface area contributed by atoms with Crippen LogP contribution in [0.5, 0.6) is 0 Å². The number of aromatic nitrogens is 1. The van der Waals surface area contributed by atoms with Gasteiger partial charge >= 0.3 is 0 Å². The molecule has 1 nitrogen and oxygen atoms in total. The first-order valence-corrected chi connectivity index (χ1v) is 6.20. The molecule has 0 radical (unpaired) electrons. The van der Waals surface area contributed by atoms with E-state index in [0.717, 1.165) is 6.42 Å². The zero-order valence-corrected chi connectivity index (χ0v) is 10.1. The van der Waals surface area contributed by atoms with E-state index in [1.165, 1.54) is 22.0 Å². The van der Waals surface area contributed by atoms with Gasteiger partial charge in [0, 0.05) is 11.7 Å². The highest BCUT2D eigenvalue weighted by molar-refractivity contribution is 5.78. The molecule has 1 heterocycles. The van der Waals surface area contributed by atoms with Crippen molar-refractivity contribution in [2.75, 3.05) is 0 Å². The highest BCUT2D eigenvalue weighted by atomic mass is 14.6. The maximum Gasteiger partial charge on any atom is 0.0453 e. The van der Waals surface area contributed by atoms with Gasteiger partial charge in [0.15, 0.2) is 0 Å². The molecule has 0 unspecified atom stereocenters. The number of allylic oxidation sites excluding steroid dienone is 1. The largest absolute Gasteiger partial charge is 0.361 e. The second-order valence-electron chi connectivity index (χ2n) is 4.37. The van der Waals surface area contributed by atoms with Crippen LogP contribution in [0.15, 0.2) is 66.9 Å². The molecule has 1 aliphatic carbocycles. The third kappa shape index (κ3) is 2.21. The maximum absolute atomic E-state index is 3.12. The molecule has 18 heavy (non-hydrogen) atoms. The van der Waals surface area contributed by atoms with Crippen molar-refractivity contribution in [1.29, 1.82) is 0 Å². The molecule has 0 saturated heterocycles. The fraction of sp³-hybridized carbons (Fsp3) is 0.0588. The average Bonchev–Trinajstić information content (AvgIpc) is 3.08. The Bertz CT molecular complexity index is 646. The average molecular weight is 233 g/mol. The molecule has 88 valence electrons. The Hall–Kier alpha value is -2.28. The highest BCUT2D eigenvalue weighted by Gasteiger charge is 2.00. The summed E-state index contributed by atoms with van der Waals surface area (Å²) in [5, 5.41) is 1.28. The fourth-order valence-electron chi connectivity index (χ4n) is 2.19. The molecule has 1 aliphatic rings. The summed E-state index contributed by atoms with van der Waals surface area (Å²) in [4.78, 5) is 3.12. The molecule has 4 rings (SSSR count). The van der Waals surface area contributed by atoms with Crippen molar-refractivity contribution in [2.24, 2.45) is 0 Å². The van der Waals surface area contributed by atoms with Crippen LogP contribution in [0.3, 0.4) is 0 Å². The SMILES string of the molecule is C1=Cc2ccccc2C1.c1ccc2[nH]ccc2c1.